The van der Waals surface area contributed by atoms with Crippen LogP contribution in [0.3, 0.4) is 0 Å². The van der Waals surface area contributed by atoms with Gasteiger partial charge in [0.05, 0.1) is 5.56 Å². The van der Waals surface area contributed by atoms with Gasteiger partial charge in [-0.1, -0.05) is 43.3 Å². The Morgan fingerprint density at radius 3 is 2.27 bits per heavy atom. The van der Waals surface area contributed by atoms with Gasteiger partial charge in [-0.05, 0) is 29.7 Å². The highest BCUT2D eigenvalue weighted by Gasteiger charge is 2.42. The van der Waals surface area contributed by atoms with Gasteiger partial charge in [0.15, 0.2) is 0 Å². The second-order valence-corrected chi connectivity index (χ2v) is 8.06. The second-order valence-electron chi connectivity index (χ2n) is 6.23. The lowest BCUT2D eigenvalue weighted by atomic mass is 10.1. The fourth-order valence-corrected chi connectivity index (χ4v) is 4.39. The number of fused-ring (bicyclic) bond motifs is 1. The molecule has 0 atom stereocenters. The van der Waals surface area contributed by atoms with Crippen LogP contribution in [0.5, 0.6) is 0 Å². The molecule has 136 valence electrons. The highest BCUT2D eigenvalue weighted by atomic mass is 32.2. The summed E-state index contributed by atoms with van der Waals surface area (Å²) in [6.45, 7) is 1.91. The van der Waals surface area contributed by atoms with E-state index in [2.05, 4.69) is 6.92 Å². The van der Waals surface area contributed by atoms with Gasteiger partial charge < -0.3 is 4.90 Å². The first-order valence-electron chi connectivity index (χ1n) is 8.32. The lowest BCUT2D eigenvalue weighted by molar-refractivity contribution is -0.130. The highest BCUT2D eigenvalue weighted by Crippen LogP contribution is 2.29. The molecule has 2 aromatic carbocycles. The molecule has 2 aromatic rings. The van der Waals surface area contributed by atoms with E-state index < -0.39 is 28.4 Å². The third-order valence-electron chi connectivity index (χ3n) is 4.47. The summed E-state index contributed by atoms with van der Waals surface area (Å²) in [5.74, 6) is -1.09. The van der Waals surface area contributed by atoms with Crippen LogP contribution >= 0.6 is 0 Å². The molecule has 0 unspecified atom stereocenters. The van der Waals surface area contributed by atoms with Crippen molar-refractivity contribution in [3.63, 3.8) is 0 Å². The van der Waals surface area contributed by atoms with Crippen molar-refractivity contribution >= 4 is 21.8 Å². The number of carbonyl (C=O) groups is 2. The zero-order valence-corrected chi connectivity index (χ0v) is 15.5. The first-order chi connectivity index (χ1) is 12.3. The van der Waals surface area contributed by atoms with E-state index in [1.165, 1.54) is 22.6 Å². The van der Waals surface area contributed by atoms with E-state index >= 15 is 0 Å². The molecule has 0 bridgehead atoms. The first kappa shape index (κ1) is 18.1. The van der Waals surface area contributed by atoms with Crippen molar-refractivity contribution in [3.8, 4) is 0 Å². The van der Waals surface area contributed by atoms with Crippen LogP contribution in [0.4, 0.5) is 0 Å². The average molecular weight is 372 g/mol. The minimum atomic E-state index is -3.97. The number of likely N-dealkylation sites (N-methyl/N-ethyl adjacent to an activating group) is 1. The first-order valence-corrected chi connectivity index (χ1v) is 9.76. The van der Waals surface area contributed by atoms with Crippen molar-refractivity contribution in [3.05, 3.63) is 65.2 Å². The standard InChI is InChI=1S/C19H20N2O4S/c1-3-14-8-10-15(11-9-14)12-20(2)18(22)13-21-19(23)16-6-4-5-7-17(16)26(21,24)25/h4-11H,3,12-13H2,1-2H3. The van der Waals surface area contributed by atoms with Crippen molar-refractivity contribution < 1.29 is 18.0 Å². The Labute approximate surface area is 153 Å². The summed E-state index contributed by atoms with van der Waals surface area (Å²) in [6, 6.07) is 13.9. The lowest BCUT2D eigenvalue weighted by Crippen LogP contribution is -2.40. The van der Waals surface area contributed by atoms with E-state index in [1.54, 1.807) is 19.2 Å². The molecule has 2 amide bonds. The number of rotatable bonds is 5. The van der Waals surface area contributed by atoms with Crippen LogP contribution in [-0.2, 0) is 27.8 Å². The molecule has 0 radical (unpaired) electrons. The Morgan fingerprint density at radius 1 is 1.04 bits per heavy atom. The molecule has 0 saturated carbocycles. The Balaban J connectivity index is 1.72. The van der Waals surface area contributed by atoms with Crippen LogP contribution in [0.15, 0.2) is 53.4 Å². The number of carbonyl (C=O) groups excluding carboxylic acids is 2. The van der Waals surface area contributed by atoms with Gasteiger partial charge in [-0.15, -0.1) is 0 Å². The third kappa shape index (κ3) is 3.22. The summed E-state index contributed by atoms with van der Waals surface area (Å²) >= 11 is 0. The van der Waals surface area contributed by atoms with E-state index in [0.29, 0.717) is 10.8 Å². The predicted octanol–water partition coefficient (Wildman–Crippen LogP) is 2.05. The smallest absolute Gasteiger partial charge is 0.269 e. The molecule has 0 aromatic heterocycles. The Bertz CT molecular complexity index is 952. The molecule has 6 nitrogen and oxygen atoms in total. The minimum absolute atomic E-state index is 0.0457. The maximum Gasteiger partial charge on any atom is 0.269 e. The summed E-state index contributed by atoms with van der Waals surface area (Å²) in [4.78, 5) is 26.2. The summed E-state index contributed by atoms with van der Waals surface area (Å²) in [7, 11) is -2.38. The minimum Gasteiger partial charge on any atom is -0.340 e. The van der Waals surface area contributed by atoms with Gasteiger partial charge in [-0.3, -0.25) is 9.59 Å². The van der Waals surface area contributed by atoms with Gasteiger partial charge in [0, 0.05) is 13.6 Å². The van der Waals surface area contributed by atoms with Crippen LogP contribution in [-0.4, -0.2) is 43.0 Å². The Hall–Kier alpha value is -2.67. The van der Waals surface area contributed by atoms with Crippen LogP contribution in [0.2, 0.25) is 0 Å². The largest absolute Gasteiger partial charge is 0.340 e. The topological polar surface area (TPSA) is 74.8 Å². The van der Waals surface area contributed by atoms with Crippen molar-refractivity contribution in [1.82, 2.24) is 9.21 Å². The second kappa shape index (κ2) is 6.92. The van der Waals surface area contributed by atoms with Crippen LogP contribution in [0.25, 0.3) is 0 Å². The van der Waals surface area contributed by atoms with Gasteiger partial charge in [0.25, 0.3) is 15.9 Å². The monoisotopic (exact) mass is 372 g/mol. The molecule has 1 heterocycles. The molecule has 0 spiro atoms. The number of sulfonamides is 1. The average Bonchev–Trinajstić information content (AvgIpc) is 2.83. The number of hydrogen-bond acceptors (Lipinski definition) is 4. The fourth-order valence-electron chi connectivity index (χ4n) is 2.87. The molecule has 0 N–H and O–H groups in total. The van der Waals surface area contributed by atoms with E-state index in [1.807, 2.05) is 24.3 Å². The summed E-state index contributed by atoms with van der Waals surface area (Å²) in [6.07, 6.45) is 0.935. The molecule has 0 fully saturated rings. The predicted molar refractivity (Wildman–Crippen MR) is 97.0 cm³/mol. The van der Waals surface area contributed by atoms with Gasteiger partial charge in [0.2, 0.25) is 5.91 Å². The summed E-state index contributed by atoms with van der Waals surface area (Å²) in [5, 5.41) is 0. The number of nitrogens with zero attached hydrogens (tertiary/aromatic N) is 2. The maximum atomic E-state index is 12.5. The van der Waals surface area contributed by atoms with Gasteiger partial charge >= 0.3 is 0 Å². The molecule has 0 saturated heterocycles. The third-order valence-corrected chi connectivity index (χ3v) is 6.25. The van der Waals surface area contributed by atoms with Crippen molar-refractivity contribution in [2.75, 3.05) is 13.6 Å². The molecule has 0 aliphatic carbocycles. The van der Waals surface area contributed by atoms with Crippen molar-refractivity contribution in [2.24, 2.45) is 0 Å². The van der Waals surface area contributed by atoms with Crippen LogP contribution in [0.1, 0.15) is 28.4 Å². The van der Waals surface area contributed by atoms with Gasteiger partial charge in [-0.25, -0.2) is 12.7 Å². The molecule has 1 aliphatic heterocycles. The number of hydrogen-bond donors (Lipinski definition) is 0. The Morgan fingerprint density at radius 2 is 1.65 bits per heavy atom. The van der Waals surface area contributed by atoms with Crippen LogP contribution in [0, 0.1) is 0 Å². The van der Waals surface area contributed by atoms with Crippen molar-refractivity contribution in [2.45, 2.75) is 24.8 Å². The maximum absolute atomic E-state index is 12.5. The van der Waals surface area contributed by atoms with Crippen LogP contribution < -0.4 is 0 Å². The van der Waals surface area contributed by atoms with E-state index in [-0.39, 0.29) is 10.5 Å². The number of benzene rings is 2. The zero-order chi connectivity index (χ0) is 18.9. The van der Waals surface area contributed by atoms with E-state index in [4.69, 9.17) is 0 Å². The number of amides is 2. The SMILES string of the molecule is CCc1ccc(CN(C)C(=O)CN2C(=O)c3ccccc3S2(=O)=O)cc1. The molecule has 1 aliphatic rings. The molecule has 7 heteroatoms. The molecular weight excluding hydrogens is 352 g/mol. The van der Waals surface area contributed by atoms with E-state index in [9.17, 15) is 18.0 Å². The summed E-state index contributed by atoms with van der Waals surface area (Å²) < 4.78 is 25.7. The number of aryl methyl sites for hydroxylation is 1. The fraction of sp³-hybridized carbons (Fsp3) is 0.263. The summed E-state index contributed by atoms with van der Waals surface area (Å²) in [5.41, 5.74) is 2.25. The Kier molecular flexibility index (Phi) is 4.82. The normalized spacial score (nSPS) is 15.0. The molecule has 3 rings (SSSR count). The highest BCUT2D eigenvalue weighted by molar-refractivity contribution is 7.90. The zero-order valence-electron chi connectivity index (χ0n) is 14.7. The molecule has 26 heavy (non-hydrogen) atoms. The molecular formula is C19H20N2O4S. The lowest BCUT2D eigenvalue weighted by Gasteiger charge is -2.21. The van der Waals surface area contributed by atoms with Gasteiger partial charge in [-0.2, -0.15) is 0 Å². The van der Waals surface area contributed by atoms with Crippen molar-refractivity contribution in [1.29, 1.82) is 0 Å². The van der Waals surface area contributed by atoms with Gasteiger partial charge in [0.1, 0.15) is 11.4 Å². The quantitative estimate of drug-likeness (QED) is 0.805. The van der Waals surface area contributed by atoms with E-state index in [0.717, 1.165) is 12.0 Å².